The maximum absolute atomic E-state index is 5.50. The second-order valence-electron chi connectivity index (χ2n) is 4.59. The summed E-state index contributed by atoms with van der Waals surface area (Å²) >= 11 is 0. The van der Waals surface area contributed by atoms with E-state index in [1.54, 1.807) is 0 Å². The molecule has 0 amide bonds. The van der Waals surface area contributed by atoms with E-state index in [0.717, 1.165) is 19.8 Å². The van der Waals surface area contributed by atoms with Gasteiger partial charge in [0.15, 0.2) is 0 Å². The van der Waals surface area contributed by atoms with Crippen molar-refractivity contribution in [2.75, 3.05) is 19.8 Å². The highest BCUT2D eigenvalue weighted by Crippen LogP contribution is 2.09. The number of nitrogens with one attached hydrogen (secondary N) is 1. The lowest BCUT2D eigenvalue weighted by atomic mass is 10.2. The molecule has 0 saturated heterocycles. The number of nitrogens with zero attached hydrogens (tertiary/aromatic N) is 2. The largest absolute Gasteiger partial charge is 0.380 e. The lowest BCUT2D eigenvalue weighted by Gasteiger charge is -2.12. The molecule has 1 aromatic heterocycles. The lowest BCUT2D eigenvalue weighted by Crippen LogP contribution is -2.23. The monoisotopic (exact) mass is 225 g/mol. The Balaban J connectivity index is 2.13. The summed E-state index contributed by atoms with van der Waals surface area (Å²) in [4.78, 5) is 0. The van der Waals surface area contributed by atoms with Gasteiger partial charge in [-0.25, -0.2) is 0 Å². The molecule has 1 heterocycles. The molecule has 0 aliphatic carbocycles. The summed E-state index contributed by atoms with van der Waals surface area (Å²) in [5, 5.41) is 7.56. The quantitative estimate of drug-likeness (QED) is 0.718. The molecule has 1 rings (SSSR count). The fourth-order valence-corrected chi connectivity index (χ4v) is 1.45. The van der Waals surface area contributed by atoms with Crippen molar-refractivity contribution in [3.05, 3.63) is 18.0 Å². The van der Waals surface area contributed by atoms with Crippen LogP contribution in [-0.2, 0) is 11.8 Å². The van der Waals surface area contributed by atoms with Crippen LogP contribution in [0.2, 0.25) is 0 Å². The summed E-state index contributed by atoms with van der Waals surface area (Å²) in [5.41, 5.74) is 1.21. The minimum Gasteiger partial charge on any atom is -0.380 e. The van der Waals surface area contributed by atoms with Gasteiger partial charge in [-0.15, -0.1) is 0 Å². The van der Waals surface area contributed by atoms with Gasteiger partial charge in [0.2, 0.25) is 0 Å². The molecule has 16 heavy (non-hydrogen) atoms. The van der Waals surface area contributed by atoms with E-state index in [-0.39, 0.29) is 0 Å². The van der Waals surface area contributed by atoms with Crippen molar-refractivity contribution in [2.24, 2.45) is 13.0 Å². The minimum atomic E-state index is 0.330. The molecule has 4 heteroatoms. The Morgan fingerprint density at radius 2 is 2.19 bits per heavy atom. The molecule has 1 unspecified atom stereocenters. The highest BCUT2D eigenvalue weighted by Gasteiger charge is 2.05. The molecule has 1 aromatic rings. The molecular weight excluding hydrogens is 202 g/mol. The molecule has 4 nitrogen and oxygen atoms in total. The molecule has 0 aliphatic heterocycles. The topological polar surface area (TPSA) is 39.1 Å². The standard InChI is InChI=1S/C12H23N3O/c1-10(2)9-16-6-5-13-11(3)12-7-14-15(4)8-12/h7-8,10-11,13H,5-6,9H2,1-4H3. The van der Waals surface area contributed by atoms with Gasteiger partial charge in [0.05, 0.1) is 12.8 Å². The molecule has 0 spiro atoms. The van der Waals surface area contributed by atoms with Gasteiger partial charge in [-0.2, -0.15) is 5.10 Å². The SMILES string of the molecule is CC(C)COCCNC(C)c1cnn(C)c1. The Hall–Kier alpha value is -0.870. The van der Waals surface area contributed by atoms with Crippen LogP contribution in [0.1, 0.15) is 32.4 Å². The fourth-order valence-electron chi connectivity index (χ4n) is 1.45. The predicted molar refractivity (Wildman–Crippen MR) is 65.3 cm³/mol. The van der Waals surface area contributed by atoms with Crippen LogP contribution in [0.15, 0.2) is 12.4 Å². The van der Waals surface area contributed by atoms with Crippen molar-refractivity contribution < 1.29 is 4.74 Å². The Morgan fingerprint density at radius 1 is 1.44 bits per heavy atom. The molecule has 0 fully saturated rings. The van der Waals surface area contributed by atoms with E-state index in [9.17, 15) is 0 Å². The van der Waals surface area contributed by atoms with Crippen LogP contribution in [0.3, 0.4) is 0 Å². The minimum absolute atomic E-state index is 0.330. The first-order valence-electron chi connectivity index (χ1n) is 5.89. The summed E-state index contributed by atoms with van der Waals surface area (Å²) in [6.07, 6.45) is 3.93. The van der Waals surface area contributed by atoms with Gasteiger partial charge in [-0.3, -0.25) is 4.68 Å². The Morgan fingerprint density at radius 3 is 2.75 bits per heavy atom. The maximum atomic E-state index is 5.50. The highest BCUT2D eigenvalue weighted by molar-refractivity contribution is 5.08. The molecule has 0 aromatic carbocycles. The Bertz CT molecular complexity index is 296. The van der Waals surface area contributed by atoms with E-state index in [0.29, 0.717) is 12.0 Å². The summed E-state index contributed by atoms with van der Waals surface area (Å²) in [6.45, 7) is 8.94. The third-order valence-corrected chi connectivity index (χ3v) is 2.37. The van der Waals surface area contributed by atoms with Crippen LogP contribution in [0.5, 0.6) is 0 Å². The molecule has 1 N–H and O–H groups in total. The average molecular weight is 225 g/mol. The number of hydrogen-bond donors (Lipinski definition) is 1. The summed E-state index contributed by atoms with van der Waals surface area (Å²) < 4.78 is 7.33. The normalized spacial score (nSPS) is 13.3. The maximum Gasteiger partial charge on any atom is 0.0591 e. The summed E-state index contributed by atoms with van der Waals surface area (Å²) in [7, 11) is 1.93. The van der Waals surface area contributed by atoms with E-state index < -0.39 is 0 Å². The van der Waals surface area contributed by atoms with E-state index in [2.05, 4.69) is 31.2 Å². The van der Waals surface area contributed by atoms with Gasteiger partial charge in [-0.1, -0.05) is 13.8 Å². The molecule has 0 bridgehead atoms. The average Bonchev–Trinajstić information content (AvgIpc) is 2.63. The predicted octanol–water partition coefficient (Wildman–Crippen LogP) is 1.74. The van der Waals surface area contributed by atoms with Crippen molar-refractivity contribution in [3.8, 4) is 0 Å². The van der Waals surface area contributed by atoms with Crippen LogP contribution in [0.4, 0.5) is 0 Å². The number of aryl methyl sites for hydroxylation is 1. The summed E-state index contributed by atoms with van der Waals surface area (Å²) in [5.74, 6) is 0.607. The van der Waals surface area contributed by atoms with E-state index in [4.69, 9.17) is 4.74 Å². The number of ether oxygens (including phenoxy) is 1. The van der Waals surface area contributed by atoms with Crippen LogP contribution < -0.4 is 5.32 Å². The molecule has 1 atom stereocenters. The zero-order valence-electron chi connectivity index (χ0n) is 10.7. The molecule has 0 aliphatic rings. The van der Waals surface area contributed by atoms with Crippen molar-refractivity contribution in [1.82, 2.24) is 15.1 Å². The van der Waals surface area contributed by atoms with Crippen LogP contribution in [0.25, 0.3) is 0 Å². The van der Waals surface area contributed by atoms with Gasteiger partial charge in [0.25, 0.3) is 0 Å². The Labute approximate surface area is 98.0 Å². The lowest BCUT2D eigenvalue weighted by molar-refractivity contribution is 0.110. The van der Waals surface area contributed by atoms with Gasteiger partial charge in [0, 0.05) is 38.0 Å². The van der Waals surface area contributed by atoms with Gasteiger partial charge < -0.3 is 10.1 Å². The highest BCUT2D eigenvalue weighted by atomic mass is 16.5. The third-order valence-electron chi connectivity index (χ3n) is 2.37. The van der Waals surface area contributed by atoms with Crippen LogP contribution in [0, 0.1) is 5.92 Å². The third kappa shape index (κ3) is 4.77. The first kappa shape index (κ1) is 13.2. The molecular formula is C12H23N3O. The second kappa shape index (κ2) is 6.66. The first-order valence-corrected chi connectivity index (χ1v) is 5.89. The van der Waals surface area contributed by atoms with Crippen LogP contribution >= 0.6 is 0 Å². The van der Waals surface area contributed by atoms with Crippen LogP contribution in [-0.4, -0.2) is 29.5 Å². The van der Waals surface area contributed by atoms with Crippen molar-refractivity contribution in [1.29, 1.82) is 0 Å². The molecule has 0 saturated carbocycles. The second-order valence-corrected chi connectivity index (χ2v) is 4.59. The van der Waals surface area contributed by atoms with E-state index in [1.807, 2.05) is 24.1 Å². The van der Waals surface area contributed by atoms with Crippen molar-refractivity contribution in [2.45, 2.75) is 26.8 Å². The molecule has 92 valence electrons. The summed E-state index contributed by atoms with van der Waals surface area (Å²) in [6, 6.07) is 0.330. The van der Waals surface area contributed by atoms with Gasteiger partial charge >= 0.3 is 0 Å². The van der Waals surface area contributed by atoms with Gasteiger partial charge in [0.1, 0.15) is 0 Å². The molecule has 0 radical (unpaired) electrons. The first-order chi connectivity index (χ1) is 7.59. The van der Waals surface area contributed by atoms with Crippen molar-refractivity contribution >= 4 is 0 Å². The fraction of sp³-hybridized carbons (Fsp3) is 0.750. The van der Waals surface area contributed by atoms with E-state index >= 15 is 0 Å². The Kier molecular flexibility index (Phi) is 5.49. The smallest absolute Gasteiger partial charge is 0.0591 e. The zero-order chi connectivity index (χ0) is 12.0. The number of aromatic nitrogens is 2. The van der Waals surface area contributed by atoms with Crippen molar-refractivity contribution in [3.63, 3.8) is 0 Å². The number of hydrogen-bond acceptors (Lipinski definition) is 3. The number of rotatable bonds is 7. The zero-order valence-corrected chi connectivity index (χ0v) is 10.7. The van der Waals surface area contributed by atoms with Gasteiger partial charge in [-0.05, 0) is 12.8 Å². The van der Waals surface area contributed by atoms with E-state index in [1.165, 1.54) is 5.56 Å².